The molecule has 34 heavy (non-hydrogen) atoms. The second-order valence-corrected chi connectivity index (χ2v) is 7.74. The van der Waals surface area contributed by atoms with Crippen LogP contribution >= 0.6 is 0 Å². The van der Waals surface area contributed by atoms with Crippen LogP contribution in [-0.2, 0) is 9.59 Å². The molecule has 1 aliphatic heterocycles. The van der Waals surface area contributed by atoms with Gasteiger partial charge in [-0.3, -0.25) is 24.6 Å². The monoisotopic (exact) mass is 458 g/mol. The number of anilines is 1. The lowest BCUT2D eigenvalue weighted by Gasteiger charge is -2.25. The van der Waals surface area contributed by atoms with E-state index < -0.39 is 34.4 Å². The summed E-state index contributed by atoms with van der Waals surface area (Å²) in [5.41, 5.74) is 1.22. The summed E-state index contributed by atoms with van der Waals surface area (Å²) in [7, 11) is 0. The van der Waals surface area contributed by atoms with E-state index in [1.807, 2.05) is 6.92 Å². The molecule has 1 saturated heterocycles. The predicted octanol–water partition coefficient (Wildman–Crippen LogP) is 4.23. The highest BCUT2D eigenvalue weighted by Gasteiger charge is 2.47. The molecular formula is C25H18N2O7. The molecule has 1 amide bonds. The highest BCUT2D eigenvalue weighted by atomic mass is 16.6. The van der Waals surface area contributed by atoms with E-state index in [2.05, 4.69) is 0 Å². The minimum atomic E-state index is -1.22. The Labute approximate surface area is 193 Å². The van der Waals surface area contributed by atoms with Gasteiger partial charge in [0, 0.05) is 23.4 Å². The van der Waals surface area contributed by atoms with Gasteiger partial charge in [-0.05, 0) is 42.8 Å². The van der Waals surface area contributed by atoms with Crippen LogP contribution in [0.15, 0.2) is 78.4 Å². The van der Waals surface area contributed by atoms with Gasteiger partial charge >= 0.3 is 5.97 Å². The highest BCUT2D eigenvalue weighted by molar-refractivity contribution is 6.51. The van der Waals surface area contributed by atoms with E-state index in [0.29, 0.717) is 11.1 Å². The van der Waals surface area contributed by atoms with Gasteiger partial charge in [0.05, 0.1) is 22.1 Å². The maximum atomic E-state index is 13.1. The average molecular weight is 458 g/mol. The molecular weight excluding hydrogens is 440 g/mol. The number of carbonyl (C=O) groups excluding carboxylic acids is 2. The molecule has 170 valence electrons. The van der Waals surface area contributed by atoms with Crippen molar-refractivity contribution in [2.45, 2.75) is 13.0 Å². The zero-order chi connectivity index (χ0) is 24.6. The average Bonchev–Trinajstić information content (AvgIpc) is 3.09. The fourth-order valence-electron chi connectivity index (χ4n) is 3.85. The molecule has 0 radical (unpaired) electrons. The summed E-state index contributed by atoms with van der Waals surface area (Å²) in [6.45, 7) is 1.86. The van der Waals surface area contributed by atoms with Crippen LogP contribution in [0.1, 0.15) is 33.1 Å². The van der Waals surface area contributed by atoms with E-state index in [1.54, 1.807) is 24.3 Å². The number of carboxylic acids is 1. The van der Waals surface area contributed by atoms with E-state index in [9.17, 15) is 34.7 Å². The number of hydrogen-bond acceptors (Lipinski definition) is 6. The molecule has 0 saturated carbocycles. The number of Topliss-reactive ketones (excluding diaryl/α,β-unsaturated/α-hetero) is 1. The summed E-state index contributed by atoms with van der Waals surface area (Å²) >= 11 is 0. The fraction of sp³-hybridized carbons (Fsp3) is 0.0800. The SMILES string of the molecule is Cc1ccc(C(O)=C2C(=O)C(=O)N(c3cccc(C(=O)O)c3)[C@@H]2c2ccc([N+](=O)[O-])cc2)cc1. The van der Waals surface area contributed by atoms with Crippen LogP contribution < -0.4 is 4.90 Å². The number of hydrogen-bond donors (Lipinski definition) is 2. The molecule has 9 heteroatoms. The lowest BCUT2D eigenvalue weighted by molar-refractivity contribution is -0.384. The number of aliphatic hydroxyl groups excluding tert-OH is 1. The van der Waals surface area contributed by atoms with E-state index in [4.69, 9.17) is 0 Å². The van der Waals surface area contributed by atoms with Crippen LogP contribution in [0.3, 0.4) is 0 Å². The zero-order valence-corrected chi connectivity index (χ0v) is 17.8. The van der Waals surface area contributed by atoms with Gasteiger partial charge in [0.15, 0.2) is 0 Å². The standard InChI is InChI=1S/C25H18N2O7/c1-14-5-7-16(8-6-14)22(28)20-21(15-9-11-18(12-10-15)27(33)34)26(24(30)23(20)29)19-4-2-3-17(13-19)25(31)32/h2-13,21,28H,1H3,(H,31,32)/t21-/m1/s1. The van der Waals surface area contributed by atoms with Crippen LogP contribution in [-0.4, -0.2) is 32.8 Å². The Morgan fingerprint density at radius 3 is 2.18 bits per heavy atom. The molecule has 0 unspecified atom stereocenters. The number of ketones is 1. The second kappa shape index (κ2) is 8.62. The van der Waals surface area contributed by atoms with Gasteiger partial charge in [0.2, 0.25) is 0 Å². The van der Waals surface area contributed by atoms with Gasteiger partial charge < -0.3 is 10.2 Å². The minimum absolute atomic E-state index is 0.0969. The first kappa shape index (κ1) is 22.4. The van der Waals surface area contributed by atoms with Crippen molar-refractivity contribution in [3.8, 4) is 0 Å². The number of nitro groups is 1. The van der Waals surface area contributed by atoms with Crippen molar-refractivity contribution in [1.29, 1.82) is 0 Å². The van der Waals surface area contributed by atoms with Gasteiger partial charge in [-0.2, -0.15) is 0 Å². The van der Waals surface area contributed by atoms with Gasteiger partial charge in [-0.25, -0.2) is 4.79 Å². The Balaban J connectivity index is 1.94. The molecule has 3 aromatic rings. The maximum Gasteiger partial charge on any atom is 0.335 e. The van der Waals surface area contributed by atoms with Crippen LogP contribution in [0, 0.1) is 17.0 Å². The number of nitrogens with zero attached hydrogens (tertiary/aromatic N) is 2. The predicted molar refractivity (Wildman–Crippen MR) is 122 cm³/mol. The molecule has 3 aromatic carbocycles. The number of aromatic carboxylic acids is 1. The number of amides is 1. The number of benzene rings is 3. The first-order chi connectivity index (χ1) is 16.2. The van der Waals surface area contributed by atoms with Gasteiger partial charge in [0.25, 0.3) is 17.4 Å². The van der Waals surface area contributed by atoms with E-state index in [0.717, 1.165) is 10.5 Å². The molecule has 9 nitrogen and oxygen atoms in total. The topological polar surface area (TPSA) is 138 Å². The third kappa shape index (κ3) is 3.90. The normalized spacial score (nSPS) is 17.1. The van der Waals surface area contributed by atoms with Crippen LogP contribution in [0.2, 0.25) is 0 Å². The number of nitro benzene ring substituents is 1. The highest BCUT2D eigenvalue weighted by Crippen LogP contribution is 2.42. The van der Waals surface area contributed by atoms with Gasteiger partial charge in [0.1, 0.15) is 5.76 Å². The van der Waals surface area contributed by atoms with Crippen molar-refractivity contribution >= 4 is 34.8 Å². The van der Waals surface area contributed by atoms with E-state index >= 15 is 0 Å². The Morgan fingerprint density at radius 2 is 1.59 bits per heavy atom. The van der Waals surface area contributed by atoms with Crippen molar-refractivity contribution in [3.05, 3.63) is 111 Å². The lowest BCUT2D eigenvalue weighted by Crippen LogP contribution is -2.29. The first-order valence-corrected chi connectivity index (χ1v) is 10.1. The molecule has 1 aliphatic rings. The molecule has 0 aromatic heterocycles. The van der Waals surface area contributed by atoms with E-state index in [1.165, 1.54) is 48.5 Å². The fourth-order valence-corrected chi connectivity index (χ4v) is 3.85. The number of rotatable bonds is 5. The molecule has 0 spiro atoms. The summed E-state index contributed by atoms with van der Waals surface area (Å²) in [6.07, 6.45) is 0. The second-order valence-electron chi connectivity index (χ2n) is 7.74. The third-order valence-electron chi connectivity index (χ3n) is 5.56. The Hall–Kier alpha value is -4.79. The molecule has 1 fully saturated rings. The van der Waals surface area contributed by atoms with Crippen LogP contribution in [0.5, 0.6) is 0 Å². The zero-order valence-electron chi connectivity index (χ0n) is 17.8. The summed E-state index contributed by atoms with van der Waals surface area (Å²) in [4.78, 5) is 49.3. The summed E-state index contributed by atoms with van der Waals surface area (Å²) in [6, 6.07) is 16.3. The van der Waals surface area contributed by atoms with Gasteiger partial charge in [-0.1, -0.05) is 35.9 Å². The van der Waals surface area contributed by atoms with Crippen molar-refractivity contribution in [2.75, 3.05) is 4.90 Å². The first-order valence-electron chi connectivity index (χ1n) is 10.1. The molecule has 0 bridgehead atoms. The molecule has 1 heterocycles. The van der Waals surface area contributed by atoms with Gasteiger partial charge in [-0.15, -0.1) is 0 Å². The summed E-state index contributed by atoms with van der Waals surface area (Å²) < 4.78 is 0. The molecule has 0 aliphatic carbocycles. The van der Waals surface area contributed by atoms with E-state index in [-0.39, 0.29) is 22.5 Å². The Morgan fingerprint density at radius 1 is 0.941 bits per heavy atom. The minimum Gasteiger partial charge on any atom is -0.507 e. The Kier molecular flexibility index (Phi) is 5.68. The largest absolute Gasteiger partial charge is 0.507 e. The number of non-ortho nitro benzene ring substituents is 1. The third-order valence-corrected chi connectivity index (χ3v) is 5.56. The van der Waals surface area contributed by atoms with Crippen molar-refractivity contribution < 1.29 is 29.5 Å². The number of aryl methyl sites for hydroxylation is 1. The smallest absolute Gasteiger partial charge is 0.335 e. The summed E-state index contributed by atoms with van der Waals surface area (Å²) in [5.74, 6) is -3.54. The maximum absolute atomic E-state index is 13.1. The lowest BCUT2D eigenvalue weighted by atomic mass is 9.94. The van der Waals surface area contributed by atoms with Crippen LogP contribution in [0.25, 0.3) is 5.76 Å². The molecule has 1 atom stereocenters. The van der Waals surface area contributed by atoms with Crippen LogP contribution in [0.4, 0.5) is 11.4 Å². The molecule has 4 rings (SSSR count). The van der Waals surface area contributed by atoms with Crippen molar-refractivity contribution in [1.82, 2.24) is 0 Å². The number of carbonyl (C=O) groups is 3. The summed E-state index contributed by atoms with van der Waals surface area (Å²) in [5, 5.41) is 31.5. The Bertz CT molecular complexity index is 1360. The molecule has 2 N–H and O–H groups in total. The van der Waals surface area contributed by atoms with Crippen molar-refractivity contribution in [3.63, 3.8) is 0 Å². The quantitative estimate of drug-likeness (QED) is 0.192. The number of carboxylic acid groups (broad SMARTS) is 1. The number of aliphatic hydroxyl groups is 1. The van der Waals surface area contributed by atoms with Crippen molar-refractivity contribution in [2.24, 2.45) is 0 Å².